The molecule has 0 atom stereocenters. The topological polar surface area (TPSA) is 77.7 Å². The van der Waals surface area contributed by atoms with Gasteiger partial charge in [-0.1, -0.05) is 6.92 Å². The second-order valence-corrected chi connectivity index (χ2v) is 4.19. The zero-order valence-electron chi connectivity index (χ0n) is 8.73. The number of nitrogens with zero attached hydrogens (tertiary/aromatic N) is 4. The molecule has 0 radical (unpaired) electrons. The molecule has 1 fully saturated rings. The highest BCUT2D eigenvalue weighted by Gasteiger charge is 2.45. The Balaban J connectivity index is 2.01. The molecular weight excluding hydrogens is 196 g/mol. The van der Waals surface area contributed by atoms with E-state index in [1.807, 2.05) is 6.92 Å². The molecule has 0 bridgehead atoms. The number of carbonyl (C=O) groups is 2. The third kappa shape index (κ3) is 1.93. The number of aromatic nitrogens is 4. The highest BCUT2D eigenvalue weighted by molar-refractivity contribution is 6.08. The highest BCUT2D eigenvalue weighted by atomic mass is 16.2. The monoisotopic (exact) mass is 208 g/mol. The Morgan fingerprint density at radius 3 is 2.60 bits per heavy atom. The smallest absolute Gasteiger partial charge is 0.240 e. The van der Waals surface area contributed by atoms with Crippen LogP contribution < -0.4 is 0 Å². The van der Waals surface area contributed by atoms with Crippen LogP contribution in [0.4, 0.5) is 0 Å². The van der Waals surface area contributed by atoms with E-state index in [1.54, 1.807) is 7.05 Å². The van der Waals surface area contributed by atoms with Crippen LogP contribution in [0.5, 0.6) is 0 Å². The van der Waals surface area contributed by atoms with Crippen LogP contribution in [0.3, 0.4) is 0 Å². The van der Waals surface area contributed by atoms with Crippen molar-refractivity contribution in [2.45, 2.75) is 26.2 Å². The first-order valence-corrected chi connectivity index (χ1v) is 4.82. The molecule has 1 aliphatic carbocycles. The zero-order valence-corrected chi connectivity index (χ0v) is 8.73. The van der Waals surface area contributed by atoms with Crippen LogP contribution in [-0.4, -0.2) is 31.8 Å². The molecule has 80 valence electrons. The van der Waals surface area contributed by atoms with Gasteiger partial charge in [-0.25, -0.2) is 0 Å². The molecule has 0 amide bonds. The van der Waals surface area contributed by atoms with E-state index in [9.17, 15) is 9.59 Å². The van der Waals surface area contributed by atoms with Crippen LogP contribution in [0, 0.1) is 5.41 Å². The molecule has 0 aromatic carbocycles. The van der Waals surface area contributed by atoms with Crippen molar-refractivity contribution in [2.75, 3.05) is 0 Å². The number of aryl methyl sites for hydroxylation is 1. The van der Waals surface area contributed by atoms with Gasteiger partial charge >= 0.3 is 0 Å². The summed E-state index contributed by atoms with van der Waals surface area (Å²) < 4.78 is 0. The van der Waals surface area contributed by atoms with Gasteiger partial charge in [-0.2, -0.15) is 4.80 Å². The number of tetrazole rings is 1. The fraction of sp³-hybridized carbons (Fsp3) is 0.667. The van der Waals surface area contributed by atoms with E-state index >= 15 is 0 Å². The molecule has 15 heavy (non-hydrogen) atoms. The maximum atomic E-state index is 11.6. The summed E-state index contributed by atoms with van der Waals surface area (Å²) in [5, 5.41) is 10.9. The predicted molar refractivity (Wildman–Crippen MR) is 50.1 cm³/mol. The van der Waals surface area contributed by atoms with Crippen LogP contribution in [-0.2, 0) is 11.8 Å². The minimum atomic E-state index is -0.346. The Morgan fingerprint density at radius 1 is 1.47 bits per heavy atom. The summed E-state index contributed by atoms with van der Waals surface area (Å²) in [6.07, 6.45) is 1.65. The lowest BCUT2D eigenvalue weighted by molar-refractivity contribution is -0.122. The van der Waals surface area contributed by atoms with Gasteiger partial charge in [0.1, 0.15) is 5.78 Å². The van der Waals surface area contributed by atoms with E-state index in [0.29, 0.717) is 0 Å². The van der Waals surface area contributed by atoms with Crippen molar-refractivity contribution in [3.63, 3.8) is 0 Å². The van der Waals surface area contributed by atoms with Gasteiger partial charge in [-0.15, -0.1) is 10.2 Å². The van der Waals surface area contributed by atoms with Gasteiger partial charge in [-0.05, 0) is 18.1 Å². The summed E-state index contributed by atoms with van der Waals surface area (Å²) in [5.74, 6) is -0.337. The summed E-state index contributed by atoms with van der Waals surface area (Å²) in [7, 11) is 1.58. The highest BCUT2D eigenvalue weighted by Crippen LogP contribution is 2.46. The van der Waals surface area contributed by atoms with Crippen molar-refractivity contribution in [1.29, 1.82) is 0 Å². The summed E-state index contributed by atoms with van der Waals surface area (Å²) in [4.78, 5) is 24.4. The molecule has 6 nitrogen and oxygen atoms in total. The second-order valence-electron chi connectivity index (χ2n) is 4.19. The molecule has 1 saturated carbocycles. The van der Waals surface area contributed by atoms with Crippen molar-refractivity contribution in [1.82, 2.24) is 20.2 Å². The van der Waals surface area contributed by atoms with E-state index in [0.717, 1.165) is 12.8 Å². The van der Waals surface area contributed by atoms with Gasteiger partial charge < -0.3 is 0 Å². The van der Waals surface area contributed by atoms with Crippen LogP contribution >= 0.6 is 0 Å². The number of carbonyl (C=O) groups excluding carboxylic acids is 2. The Labute approximate surface area is 86.7 Å². The summed E-state index contributed by atoms with van der Waals surface area (Å²) in [5.41, 5.74) is -0.266. The number of Topliss-reactive ketones (excluding diaryl/α,β-unsaturated/α-hetero) is 2. The van der Waals surface area contributed by atoms with Crippen molar-refractivity contribution in [2.24, 2.45) is 12.5 Å². The van der Waals surface area contributed by atoms with Gasteiger partial charge in [-0.3, -0.25) is 9.59 Å². The molecule has 2 rings (SSSR count). The molecule has 6 heteroatoms. The average Bonchev–Trinajstić information content (AvgIpc) is 2.77. The van der Waals surface area contributed by atoms with Crippen molar-refractivity contribution >= 4 is 11.6 Å². The maximum absolute atomic E-state index is 11.6. The van der Waals surface area contributed by atoms with Crippen molar-refractivity contribution in [3.05, 3.63) is 5.82 Å². The molecule has 1 aliphatic rings. The lowest BCUT2D eigenvalue weighted by atomic mass is 9.99. The molecule has 1 aromatic rings. The normalized spacial score (nSPS) is 17.5. The Bertz CT molecular complexity index is 420. The van der Waals surface area contributed by atoms with Gasteiger partial charge in [0.25, 0.3) is 0 Å². The first kappa shape index (κ1) is 9.95. The van der Waals surface area contributed by atoms with Crippen molar-refractivity contribution in [3.8, 4) is 0 Å². The summed E-state index contributed by atoms with van der Waals surface area (Å²) in [6.45, 7) is 1.88. The first-order chi connectivity index (χ1) is 7.01. The van der Waals surface area contributed by atoms with E-state index in [4.69, 9.17) is 0 Å². The summed E-state index contributed by atoms with van der Waals surface area (Å²) in [6, 6.07) is 0. The Hall–Kier alpha value is -1.59. The SMILES string of the molecule is Cn1nnc(C(=O)CC(=O)C2(C)CC2)n1. The van der Waals surface area contributed by atoms with Crippen LogP contribution in [0.1, 0.15) is 36.8 Å². The van der Waals surface area contributed by atoms with E-state index in [-0.39, 0.29) is 29.2 Å². The van der Waals surface area contributed by atoms with Crippen molar-refractivity contribution < 1.29 is 9.59 Å². The molecule has 0 spiro atoms. The molecule has 1 aromatic heterocycles. The maximum Gasteiger partial charge on any atom is 0.240 e. The fourth-order valence-corrected chi connectivity index (χ4v) is 1.30. The second kappa shape index (κ2) is 3.22. The lowest BCUT2D eigenvalue weighted by Crippen LogP contribution is -2.17. The van der Waals surface area contributed by atoms with Gasteiger partial charge in [0, 0.05) is 5.41 Å². The minimum absolute atomic E-state index is 0.0139. The average molecular weight is 208 g/mol. The number of ketones is 2. The molecule has 0 N–H and O–H groups in total. The van der Waals surface area contributed by atoms with Crippen LogP contribution in [0.25, 0.3) is 0 Å². The van der Waals surface area contributed by atoms with E-state index < -0.39 is 0 Å². The number of hydrogen-bond donors (Lipinski definition) is 0. The Morgan fingerprint density at radius 2 is 2.13 bits per heavy atom. The summed E-state index contributed by atoms with van der Waals surface area (Å²) >= 11 is 0. The standard InChI is InChI=1S/C9H12N4O2/c1-9(3-4-9)7(15)5-6(14)8-10-12-13(2)11-8/h3-5H2,1-2H3. The Kier molecular flexibility index (Phi) is 2.13. The predicted octanol–water partition coefficient (Wildman–Crippen LogP) is 0.152. The molecule has 1 heterocycles. The number of rotatable bonds is 4. The molecule has 0 saturated heterocycles. The zero-order chi connectivity index (χ0) is 11.1. The molecular formula is C9H12N4O2. The molecule has 0 aliphatic heterocycles. The largest absolute Gasteiger partial charge is 0.299 e. The van der Waals surface area contributed by atoms with E-state index in [1.165, 1.54) is 4.80 Å². The first-order valence-electron chi connectivity index (χ1n) is 4.82. The third-order valence-electron chi connectivity index (χ3n) is 2.75. The van der Waals surface area contributed by atoms with Gasteiger partial charge in [0.05, 0.1) is 13.5 Å². The lowest BCUT2D eigenvalue weighted by Gasteiger charge is -2.03. The van der Waals surface area contributed by atoms with Gasteiger partial charge in [0.2, 0.25) is 11.6 Å². The molecule has 0 unspecified atom stereocenters. The minimum Gasteiger partial charge on any atom is -0.299 e. The van der Waals surface area contributed by atoms with Crippen LogP contribution in [0.15, 0.2) is 0 Å². The quantitative estimate of drug-likeness (QED) is 0.520. The number of hydrogen-bond acceptors (Lipinski definition) is 5. The van der Waals surface area contributed by atoms with Crippen LogP contribution in [0.2, 0.25) is 0 Å². The third-order valence-corrected chi connectivity index (χ3v) is 2.75. The van der Waals surface area contributed by atoms with E-state index in [2.05, 4.69) is 15.4 Å². The fourth-order valence-electron chi connectivity index (χ4n) is 1.30. The van der Waals surface area contributed by atoms with Gasteiger partial charge in [0.15, 0.2) is 0 Å².